The summed E-state index contributed by atoms with van der Waals surface area (Å²) >= 11 is 0. The highest BCUT2D eigenvalue weighted by Crippen LogP contribution is 2.36. The molecule has 0 radical (unpaired) electrons. The van der Waals surface area contributed by atoms with Gasteiger partial charge in [0.05, 0.1) is 0 Å². The Morgan fingerprint density at radius 2 is 0.657 bits per heavy atom. The third-order valence-electron chi connectivity index (χ3n) is 9.17. The lowest BCUT2D eigenvalue weighted by molar-refractivity contribution is 0.214. The van der Waals surface area contributed by atoms with Crippen molar-refractivity contribution in [1.29, 1.82) is 0 Å². The highest BCUT2D eigenvalue weighted by molar-refractivity contribution is 4.74. The van der Waals surface area contributed by atoms with Crippen molar-refractivity contribution in [1.82, 2.24) is 0 Å². The molecule has 0 amide bonds. The molecule has 1 fully saturated rings. The summed E-state index contributed by atoms with van der Waals surface area (Å²) in [6, 6.07) is 0. The number of rotatable bonds is 27. The fourth-order valence-corrected chi connectivity index (χ4v) is 6.72. The molecule has 0 saturated heterocycles. The van der Waals surface area contributed by atoms with Crippen LogP contribution in [-0.4, -0.2) is 0 Å². The zero-order chi connectivity index (χ0) is 25.1. The van der Waals surface area contributed by atoms with Crippen molar-refractivity contribution in [2.24, 2.45) is 11.8 Å². The van der Waals surface area contributed by atoms with Crippen LogP contribution in [0.5, 0.6) is 0 Å². The van der Waals surface area contributed by atoms with Crippen LogP contribution in [0.25, 0.3) is 0 Å². The third-order valence-corrected chi connectivity index (χ3v) is 9.17. The van der Waals surface area contributed by atoms with Gasteiger partial charge in [-0.05, 0) is 11.8 Å². The smallest absolute Gasteiger partial charge is 0.0386 e. The predicted molar refractivity (Wildman–Crippen MR) is 161 cm³/mol. The van der Waals surface area contributed by atoms with Crippen molar-refractivity contribution < 1.29 is 0 Å². The van der Waals surface area contributed by atoms with Crippen molar-refractivity contribution in [2.75, 3.05) is 0 Å². The van der Waals surface area contributed by atoms with Crippen molar-refractivity contribution in [3.05, 3.63) is 0 Å². The first kappa shape index (κ1) is 33.0. The second kappa shape index (κ2) is 27.0. The molecule has 0 atom stereocenters. The van der Waals surface area contributed by atoms with E-state index in [4.69, 9.17) is 0 Å². The van der Waals surface area contributed by atoms with E-state index in [-0.39, 0.29) is 0 Å². The molecule has 0 aromatic carbocycles. The molecule has 0 unspecified atom stereocenters. The lowest BCUT2D eigenvalue weighted by Gasteiger charge is -2.30. The molecule has 1 aliphatic carbocycles. The largest absolute Gasteiger partial charge is 0.0654 e. The molecule has 0 heteroatoms. The fourth-order valence-electron chi connectivity index (χ4n) is 6.72. The highest BCUT2D eigenvalue weighted by Gasteiger charge is 2.22. The lowest BCUT2D eigenvalue weighted by atomic mass is 9.75. The Kier molecular flexibility index (Phi) is 25.5. The summed E-state index contributed by atoms with van der Waals surface area (Å²) in [5.74, 6) is 2.16. The summed E-state index contributed by atoms with van der Waals surface area (Å²) in [6.07, 6.45) is 46.4. The van der Waals surface area contributed by atoms with Crippen molar-refractivity contribution >= 4 is 0 Å². The Labute approximate surface area is 224 Å². The van der Waals surface area contributed by atoms with Crippen LogP contribution < -0.4 is 0 Å². The molecular weight excluding hydrogens is 420 g/mol. The molecule has 0 N–H and O–H groups in total. The van der Waals surface area contributed by atoms with Gasteiger partial charge in [0.25, 0.3) is 0 Å². The average Bonchev–Trinajstić information content (AvgIpc) is 2.89. The van der Waals surface area contributed by atoms with E-state index in [2.05, 4.69) is 13.8 Å². The SMILES string of the molecule is CCCCCCCCCCCCCCC(CCCCCCCCCCCCCC)C1CCCCC1. The van der Waals surface area contributed by atoms with E-state index in [1.54, 1.807) is 25.7 Å². The molecule has 1 saturated carbocycles. The van der Waals surface area contributed by atoms with Gasteiger partial charge >= 0.3 is 0 Å². The Hall–Kier alpha value is 0. The van der Waals surface area contributed by atoms with Gasteiger partial charge in [-0.3, -0.25) is 0 Å². The molecule has 0 aromatic heterocycles. The van der Waals surface area contributed by atoms with Gasteiger partial charge in [-0.25, -0.2) is 0 Å². The van der Waals surface area contributed by atoms with Gasteiger partial charge in [-0.2, -0.15) is 0 Å². The van der Waals surface area contributed by atoms with Gasteiger partial charge in [0, 0.05) is 0 Å². The molecule has 0 aromatic rings. The molecule has 0 bridgehead atoms. The normalized spacial score (nSPS) is 14.8. The molecule has 0 spiro atoms. The molecular formula is C35H70. The second-order valence-corrected chi connectivity index (χ2v) is 12.5. The highest BCUT2D eigenvalue weighted by atomic mass is 14.3. The third kappa shape index (κ3) is 21.8. The van der Waals surface area contributed by atoms with E-state index in [9.17, 15) is 0 Å². The molecule has 0 aliphatic heterocycles. The molecule has 210 valence electrons. The van der Waals surface area contributed by atoms with Crippen LogP contribution >= 0.6 is 0 Å². The Bertz CT molecular complexity index is 351. The van der Waals surface area contributed by atoms with E-state index in [0.29, 0.717) is 0 Å². The molecule has 35 heavy (non-hydrogen) atoms. The van der Waals surface area contributed by atoms with Crippen LogP contribution in [0, 0.1) is 11.8 Å². The number of hydrogen-bond acceptors (Lipinski definition) is 0. The maximum atomic E-state index is 2.32. The first-order valence-electron chi connectivity index (χ1n) is 17.4. The summed E-state index contributed by atoms with van der Waals surface area (Å²) in [4.78, 5) is 0. The molecule has 0 nitrogen and oxygen atoms in total. The zero-order valence-electron chi connectivity index (χ0n) is 25.1. The van der Waals surface area contributed by atoms with Gasteiger partial charge in [-0.15, -0.1) is 0 Å². The maximum absolute atomic E-state index is 2.32. The quantitative estimate of drug-likeness (QED) is 0.100. The van der Waals surface area contributed by atoms with Crippen LogP contribution in [0.4, 0.5) is 0 Å². The van der Waals surface area contributed by atoms with Crippen LogP contribution in [0.3, 0.4) is 0 Å². The van der Waals surface area contributed by atoms with E-state index in [0.717, 1.165) is 11.8 Å². The van der Waals surface area contributed by atoms with Gasteiger partial charge in [-0.1, -0.05) is 213 Å². The minimum atomic E-state index is 1.07. The van der Waals surface area contributed by atoms with Crippen molar-refractivity contribution in [3.8, 4) is 0 Å². The summed E-state index contributed by atoms with van der Waals surface area (Å²) in [5, 5.41) is 0. The van der Waals surface area contributed by atoms with Crippen LogP contribution in [0.2, 0.25) is 0 Å². The summed E-state index contributed by atoms with van der Waals surface area (Å²) in [7, 11) is 0. The van der Waals surface area contributed by atoms with Crippen molar-refractivity contribution in [3.63, 3.8) is 0 Å². The Morgan fingerprint density at radius 1 is 0.371 bits per heavy atom. The van der Waals surface area contributed by atoms with Gasteiger partial charge < -0.3 is 0 Å². The van der Waals surface area contributed by atoms with E-state index in [1.165, 1.54) is 173 Å². The fraction of sp³-hybridized carbons (Fsp3) is 1.00. The second-order valence-electron chi connectivity index (χ2n) is 12.5. The van der Waals surface area contributed by atoms with Crippen LogP contribution in [-0.2, 0) is 0 Å². The minimum Gasteiger partial charge on any atom is -0.0654 e. The van der Waals surface area contributed by atoms with Gasteiger partial charge in [0.1, 0.15) is 0 Å². The zero-order valence-corrected chi connectivity index (χ0v) is 25.1. The standard InChI is InChI=1S/C35H70/c1-3-5-7-9-11-13-15-17-19-21-23-26-30-34(35-32-28-25-29-33-35)31-27-24-22-20-18-16-14-12-10-8-6-4-2/h34-35H,3-33H2,1-2H3. The molecule has 1 aliphatic rings. The summed E-state index contributed by atoms with van der Waals surface area (Å²) in [6.45, 7) is 4.63. The molecule has 1 rings (SSSR count). The topological polar surface area (TPSA) is 0 Å². The van der Waals surface area contributed by atoms with Crippen LogP contribution in [0.1, 0.15) is 213 Å². The van der Waals surface area contributed by atoms with Gasteiger partial charge in [0.15, 0.2) is 0 Å². The van der Waals surface area contributed by atoms with Crippen LogP contribution in [0.15, 0.2) is 0 Å². The average molecular weight is 491 g/mol. The van der Waals surface area contributed by atoms with Crippen molar-refractivity contribution in [2.45, 2.75) is 213 Å². The summed E-state index contributed by atoms with van der Waals surface area (Å²) < 4.78 is 0. The van der Waals surface area contributed by atoms with E-state index < -0.39 is 0 Å². The monoisotopic (exact) mass is 491 g/mol. The Morgan fingerprint density at radius 3 is 0.971 bits per heavy atom. The van der Waals surface area contributed by atoms with Gasteiger partial charge in [0.2, 0.25) is 0 Å². The maximum Gasteiger partial charge on any atom is -0.0386 e. The van der Waals surface area contributed by atoms with E-state index in [1.807, 2.05) is 0 Å². The predicted octanol–water partition coefficient (Wildman–Crippen LogP) is 13.4. The Balaban J connectivity index is 2.00. The summed E-state index contributed by atoms with van der Waals surface area (Å²) in [5.41, 5.74) is 0. The van der Waals surface area contributed by atoms with E-state index >= 15 is 0 Å². The minimum absolute atomic E-state index is 1.07. The number of unbranched alkanes of at least 4 members (excludes halogenated alkanes) is 22. The first-order valence-corrected chi connectivity index (χ1v) is 17.4. The number of hydrogen-bond donors (Lipinski definition) is 0. The lowest BCUT2D eigenvalue weighted by Crippen LogP contribution is -2.18. The molecule has 0 heterocycles. The first-order chi connectivity index (χ1) is 17.4.